The molecule has 1 aliphatic carbocycles. The van der Waals surface area contributed by atoms with Crippen LogP contribution < -0.4 is 5.32 Å². The third-order valence-electron chi connectivity index (χ3n) is 2.20. The molecule has 0 aromatic heterocycles. The maximum Gasteiger partial charge on any atom is 0.407 e. The Balaban J connectivity index is 2.15. The first-order valence-electron chi connectivity index (χ1n) is 5.77. The number of allylic oxidation sites excluding steroid dienone is 3. The van der Waals surface area contributed by atoms with Crippen LogP contribution in [0.2, 0.25) is 0 Å². The molecule has 0 atom stereocenters. The van der Waals surface area contributed by atoms with E-state index in [9.17, 15) is 4.79 Å². The molecule has 0 fully saturated rings. The van der Waals surface area contributed by atoms with Crippen molar-refractivity contribution >= 4 is 6.09 Å². The van der Waals surface area contributed by atoms with Crippen molar-refractivity contribution in [1.82, 2.24) is 5.32 Å². The molecule has 0 saturated heterocycles. The number of nitrogens with one attached hydrogen (secondary N) is 1. The number of hydrogen-bond acceptors (Lipinski definition) is 2. The van der Waals surface area contributed by atoms with Crippen molar-refractivity contribution in [3.8, 4) is 0 Å². The van der Waals surface area contributed by atoms with E-state index in [0.717, 1.165) is 19.3 Å². The second kappa shape index (κ2) is 5.73. The number of carbonyl (C=O) groups excluding carboxylic acids is 1. The summed E-state index contributed by atoms with van der Waals surface area (Å²) in [5.41, 5.74) is 0.968. The Morgan fingerprint density at radius 3 is 2.75 bits per heavy atom. The molecule has 0 heterocycles. The van der Waals surface area contributed by atoms with Gasteiger partial charge in [-0.1, -0.05) is 23.8 Å². The predicted molar refractivity (Wildman–Crippen MR) is 65.3 cm³/mol. The van der Waals surface area contributed by atoms with Crippen LogP contribution in [0.3, 0.4) is 0 Å². The van der Waals surface area contributed by atoms with E-state index >= 15 is 0 Å². The molecule has 1 N–H and O–H groups in total. The van der Waals surface area contributed by atoms with Crippen molar-refractivity contribution in [2.75, 3.05) is 6.54 Å². The van der Waals surface area contributed by atoms with Crippen molar-refractivity contribution in [3.63, 3.8) is 0 Å². The molecule has 0 aromatic rings. The Morgan fingerprint density at radius 1 is 1.44 bits per heavy atom. The van der Waals surface area contributed by atoms with Crippen molar-refractivity contribution < 1.29 is 9.53 Å². The minimum absolute atomic E-state index is 0.334. The monoisotopic (exact) mass is 223 g/mol. The first-order chi connectivity index (χ1) is 7.47. The van der Waals surface area contributed by atoms with Gasteiger partial charge in [0.25, 0.3) is 0 Å². The fourth-order valence-electron chi connectivity index (χ4n) is 1.49. The lowest BCUT2D eigenvalue weighted by Gasteiger charge is -2.19. The molecule has 1 aliphatic rings. The summed E-state index contributed by atoms with van der Waals surface area (Å²) in [6.07, 6.45) is 9.14. The van der Waals surface area contributed by atoms with Crippen LogP contribution >= 0.6 is 0 Å². The number of hydrogen-bond donors (Lipinski definition) is 1. The third kappa shape index (κ3) is 5.59. The van der Waals surface area contributed by atoms with Gasteiger partial charge in [-0.3, -0.25) is 0 Å². The molecule has 16 heavy (non-hydrogen) atoms. The van der Waals surface area contributed by atoms with E-state index < -0.39 is 5.60 Å². The van der Waals surface area contributed by atoms with Gasteiger partial charge < -0.3 is 10.1 Å². The van der Waals surface area contributed by atoms with Gasteiger partial charge in [0.2, 0.25) is 0 Å². The largest absolute Gasteiger partial charge is 0.444 e. The predicted octanol–water partition coefficient (Wildman–Crippen LogP) is 3.18. The molecule has 1 rings (SSSR count). The SMILES string of the molecule is CC(C)(C)OC(=O)NCCC1=CCC=CC1. The normalized spacial score (nSPS) is 15.6. The van der Waals surface area contributed by atoms with Gasteiger partial charge >= 0.3 is 6.09 Å². The molecule has 0 aromatic carbocycles. The number of alkyl carbamates (subject to hydrolysis) is 1. The maximum atomic E-state index is 11.3. The lowest BCUT2D eigenvalue weighted by Crippen LogP contribution is -2.33. The maximum absolute atomic E-state index is 11.3. The molecular weight excluding hydrogens is 202 g/mol. The van der Waals surface area contributed by atoms with Gasteiger partial charge in [0.1, 0.15) is 5.60 Å². The second-order valence-corrected chi connectivity index (χ2v) is 4.95. The first kappa shape index (κ1) is 12.8. The molecule has 3 nitrogen and oxygen atoms in total. The van der Waals surface area contributed by atoms with Gasteiger partial charge in [-0.25, -0.2) is 4.79 Å². The number of rotatable bonds is 3. The fraction of sp³-hybridized carbons (Fsp3) is 0.615. The van der Waals surface area contributed by atoms with Crippen molar-refractivity contribution in [2.45, 2.75) is 45.6 Å². The molecular formula is C13H21NO2. The molecule has 0 radical (unpaired) electrons. The highest BCUT2D eigenvalue weighted by Crippen LogP contribution is 2.13. The van der Waals surface area contributed by atoms with E-state index in [0.29, 0.717) is 6.54 Å². The average Bonchev–Trinajstić information content (AvgIpc) is 2.16. The van der Waals surface area contributed by atoms with Crippen LogP contribution in [-0.2, 0) is 4.74 Å². The van der Waals surface area contributed by atoms with Gasteiger partial charge in [0.15, 0.2) is 0 Å². The number of carbonyl (C=O) groups is 1. The van der Waals surface area contributed by atoms with Gasteiger partial charge in [0, 0.05) is 6.54 Å². The van der Waals surface area contributed by atoms with Gasteiger partial charge in [-0.05, 0) is 40.0 Å². The molecule has 0 aliphatic heterocycles. The van der Waals surface area contributed by atoms with Crippen LogP contribution in [0.15, 0.2) is 23.8 Å². The topological polar surface area (TPSA) is 38.3 Å². The summed E-state index contributed by atoms with van der Waals surface area (Å²) in [5.74, 6) is 0. The van der Waals surface area contributed by atoms with E-state index in [1.54, 1.807) is 0 Å². The molecule has 1 amide bonds. The zero-order chi connectivity index (χ0) is 12.0. The molecule has 0 saturated carbocycles. The summed E-state index contributed by atoms with van der Waals surface area (Å²) < 4.78 is 5.14. The molecule has 0 spiro atoms. The Hall–Kier alpha value is -1.25. The minimum Gasteiger partial charge on any atom is -0.444 e. The van der Waals surface area contributed by atoms with E-state index in [1.165, 1.54) is 5.57 Å². The summed E-state index contributed by atoms with van der Waals surface area (Å²) >= 11 is 0. The van der Waals surface area contributed by atoms with E-state index in [1.807, 2.05) is 20.8 Å². The smallest absolute Gasteiger partial charge is 0.407 e. The van der Waals surface area contributed by atoms with Crippen LogP contribution in [0, 0.1) is 0 Å². The lowest BCUT2D eigenvalue weighted by molar-refractivity contribution is 0.0528. The zero-order valence-corrected chi connectivity index (χ0v) is 10.4. The Bertz CT molecular complexity index is 298. The molecule has 90 valence electrons. The fourth-order valence-corrected chi connectivity index (χ4v) is 1.49. The van der Waals surface area contributed by atoms with E-state index in [-0.39, 0.29) is 6.09 Å². The highest BCUT2D eigenvalue weighted by atomic mass is 16.6. The molecule has 0 unspecified atom stereocenters. The summed E-state index contributed by atoms with van der Waals surface area (Å²) in [6.45, 7) is 6.23. The summed E-state index contributed by atoms with van der Waals surface area (Å²) in [4.78, 5) is 11.3. The Morgan fingerprint density at radius 2 is 2.19 bits per heavy atom. The van der Waals surface area contributed by atoms with Crippen LogP contribution in [0.1, 0.15) is 40.0 Å². The average molecular weight is 223 g/mol. The van der Waals surface area contributed by atoms with Crippen LogP contribution in [0.5, 0.6) is 0 Å². The van der Waals surface area contributed by atoms with Gasteiger partial charge in [-0.15, -0.1) is 0 Å². The lowest BCUT2D eigenvalue weighted by atomic mass is 10.0. The number of ether oxygens (including phenoxy) is 1. The highest BCUT2D eigenvalue weighted by molar-refractivity contribution is 5.67. The quantitative estimate of drug-likeness (QED) is 0.746. The van der Waals surface area contributed by atoms with Crippen molar-refractivity contribution in [3.05, 3.63) is 23.8 Å². The van der Waals surface area contributed by atoms with Gasteiger partial charge in [0.05, 0.1) is 0 Å². The standard InChI is InChI=1S/C13H21NO2/c1-13(2,3)16-12(15)14-10-9-11-7-5-4-6-8-11/h4-5,8H,6-7,9-10H2,1-3H3,(H,14,15). The number of amides is 1. The van der Waals surface area contributed by atoms with Crippen molar-refractivity contribution in [2.24, 2.45) is 0 Å². The van der Waals surface area contributed by atoms with Gasteiger partial charge in [-0.2, -0.15) is 0 Å². The second-order valence-electron chi connectivity index (χ2n) is 4.95. The molecule has 3 heteroatoms. The minimum atomic E-state index is -0.420. The van der Waals surface area contributed by atoms with Crippen LogP contribution in [0.25, 0.3) is 0 Å². The Labute approximate surface area is 97.6 Å². The zero-order valence-electron chi connectivity index (χ0n) is 10.4. The van der Waals surface area contributed by atoms with Crippen LogP contribution in [-0.4, -0.2) is 18.2 Å². The third-order valence-corrected chi connectivity index (χ3v) is 2.20. The van der Waals surface area contributed by atoms with E-state index in [4.69, 9.17) is 4.74 Å². The Kier molecular flexibility index (Phi) is 4.59. The summed E-state index contributed by atoms with van der Waals surface area (Å²) in [6, 6.07) is 0. The highest BCUT2D eigenvalue weighted by Gasteiger charge is 2.15. The molecule has 0 bridgehead atoms. The van der Waals surface area contributed by atoms with Crippen LogP contribution in [0.4, 0.5) is 4.79 Å². The first-order valence-corrected chi connectivity index (χ1v) is 5.77. The van der Waals surface area contributed by atoms with E-state index in [2.05, 4.69) is 23.5 Å². The summed E-state index contributed by atoms with van der Waals surface area (Å²) in [5, 5.41) is 2.76. The summed E-state index contributed by atoms with van der Waals surface area (Å²) in [7, 11) is 0. The van der Waals surface area contributed by atoms with Crippen molar-refractivity contribution in [1.29, 1.82) is 0 Å².